The Morgan fingerprint density at radius 2 is 2.00 bits per heavy atom. The van der Waals surface area contributed by atoms with Gasteiger partial charge in [-0.2, -0.15) is 0 Å². The number of methoxy groups -OCH3 is 1. The molecule has 0 aliphatic carbocycles. The van der Waals surface area contributed by atoms with Crippen molar-refractivity contribution in [3.05, 3.63) is 23.7 Å². The maximum absolute atomic E-state index is 5.69. The fourth-order valence-corrected chi connectivity index (χ4v) is 3.42. The Bertz CT molecular complexity index is 373. The SMILES string of the molecule is COC1C[C@H]2CC[C@@H](C1)N2Cc1ccc(C)o1. The van der Waals surface area contributed by atoms with Crippen LogP contribution in [0.25, 0.3) is 0 Å². The minimum atomic E-state index is 0.474. The molecule has 1 aromatic heterocycles. The van der Waals surface area contributed by atoms with Gasteiger partial charge in [-0.3, -0.25) is 4.90 Å². The number of furan rings is 1. The van der Waals surface area contributed by atoms with Gasteiger partial charge in [-0.1, -0.05) is 0 Å². The van der Waals surface area contributed by atoms with Crippen molar-refractivity contribution in [2.45, 2.75) is 57.3 Å². The third-order valence-electron chi connectivity index (χ3n) is 4.31. The third kappa shape index (κ3) is 2.14. The fraction of sp³-hybridized carbons (Fsp3) is 0.714. The van der Waals surface area contributed by atoms with E-state index in [2.05, 4.69) is 17.0 Å². The summed E-state index contributed by atoms with van der Waals surface area (Å²) in [5, 5.41) is 0. The van der Waals surface area contributed by atoms with E-state index in [1.54, 1.807) is 0 Å². The topological polar surface area (TPSA) is 25.6 Å². The number of piperidine rings is 1. The van der Waals surface area contributed by atoms with Crippen molar-refractivity contribution in [2.75, 3.05) is 7.11 Å². The van der Waals surface area contributed by atoms with Crippen molar-refractivity contribution in [1.29, 1.82) is 0 Å². The van der Waals surface area contributed by atoms with E-state index in [0.29, 0.717) is 18.2 Å². The first-order valence-electron chi connectivity index (χ1n) is 6.60. The van der Waals surface area contributed by atoms with Gasteiger partial charge in [-0.15, -0.1) is 0 Å². The van der Waals surface area contributed by atoms with Gasteiger partial charge in [0.25, 0.3) is 0 Å². The maximum Gasteiger partial charge on any atom is 0.118 e. The highest BCUT2D eigenvalue weighted by atomic mass is 16.5. The molecule has 3 rings (SSSR count). The average Bonchev–Trinajstić information content (AvgIpc) is 2.82. The van der Waals surface area contributed by atoms with E-state index >= 15 is 0 Å². The summed E-state index contributed by atoms with van der Waals surface area (Å²) >= 11 is 0. The summed E-state index contributed by atoms with van der Waals surface area (Å²) in [7, 11) is 1.84. The van der Waals surface area contributed by atoms with Crippen molar-refractivity contribution in [3.8, 4) is 0 Å². The molecule has 2 aliphatic rings. The van der Waals surface area contributed by atoms with E-state index in [4.69, 9.17) is 9.15 Å². The monoisotopic (exact) mass is 235 g/mol. The summed E-state index contributed by atoms with van der Waals surface area (Å²) in [6, 6.07) is 5.56. The zero-order valence-electron chi connectivity index (χ0n) is 10.7. The largest absolute Gasteiger partial charge is 0.465 e. The molecule has 3 heteroatoms. The highest BCUT2D eigenvalue weighted by Gasteiger charge is 2.40. The first kappa shape index (κ1) is 11.3. The standard InChI is InChI=1S/C14H21NO2/c1-10-3-6-13(17-10)9-15-11-4-5-12(15)8-14(7-11)16-2/h3,6,11-12,14H,4-5,7-9H2,1-2H3/t11-,12+,14?. The highest BCUT2D eigenvalue weighted by Crippen LogP contribution is 2.37. The third-order valence-corrected chi connectivity index (χ3v) is 4.31. The minimum Gasteiger partial charge on any atom is -0.465 e. The molecule has 0 aromatic carbocycles. The van der Waals surface area contributed by atoms with Gasteiger partial charge in [0.1, 0.15) is 11.5 Å². The summed E-state index contributed by atoms with van der Waals surface area (Å²) in [6.45, 7) is 2.98. The quantitative estimate of drug-likeness (QED) is 0.805. The van der Waals surface area contributed by atoms with Crippen molar-refractivity contribution in [1.82, 2.24) is 4.90 Å². The van der Waals surface area contributed by atoms with Crippen LogP contribution in [0, 0.1) is 6.92 Å². The molecule has 1 aromatic rings. The number of aryl methyl sites for hydroxylation is 1. The van der Waals surface area contributed by atoms with Crippen LogP contribution in [0.2, 0.25) is 0 Å². The Morgan fingerprint density at radius 1 is 1.29 bits per heavy atom. The summed E-state index contributed by atoms with van der Waals surface area (Å²) in [6.07, 6.45) is 5.50. The van der Waals surface area contributed by atoms with E-state index in [9.17, 15) is 0 Å². The van der Waals surface area contributed by atoms with E-state index < -0.39 is 0 Å². The second-order valence-corrected chi connectivity index (χ2v) is 5.40. The molecule has 0 amide bonds. The molecule has 17 heavy (non-hydrogen) atoms. The van der Waals surface area contributed by atoms with Crippen molar-refractivity contribution in [3.63, 3.8) is 0 Å². The van der Waals surface area contributed by atoms with Crippen molar-refractivity contribution < 1.29 is 9.15 Å². The van der Waals surface area contributed by atoms with Gasteiger partial charge in [0, 0.05) is 19.2 Å². The van der Waals surface area contributed by atoms with Gasteiger partial charge in [-0.05, 0) is 44.7 Å². The average molecular weight is 235 g/mol. The van der Waals surface area contributed by atoms with Crippen LogP contribution in [-0.2, 0) is 11.3 Å². The Balaban J connectivity index is 1.69. The smallest absolute Gasteiger partial charge is 0.118 e. The van der Waals surface area contributed by atoms with Gasteiger partial charge >= 0.3 is 0 Å². The molecule has 94 valence electrons. The first-order chi connectivity index (χ1) is 8.26. The van der Waals surface area contributed by atoms with Gasteiger partial charge in [-0.25, -0.2) is 0 Å². The first-order valence-corrected chi connectivity index (χ1v) is 6.60. The summed E-state index contributed by atoms with van der Waals surface area (Å²) in [4.78, 5) is 2.62. The van der Waals surface area contributed by atoms with Crippen molar-refractivity contribution in [2.24, 2.45) is 0 Å². The predicted octanol–water partition coefficient (Wildman–Crippen LogP) is 2.73. The molecule has 3 heterocycles. The molecule has 3 atom stereocenters. The molecular weight excluding hydrogens is 214 g/mol. The lowest BCUT2D eigenvalue weighted by Gasteiger charge is -2.37. The van der Waals surface area contributed by atoms with Crippen LogP contribution in [0.1, 0.15) is 37.2 Å². The molecule has 0 N–H and O–H groups in total. The van der Waals surface area contributed by atoms with E-state index in [1.165, 1.54) is 25.7 Å². The zero-order chi connectivity index (χ0) is 11.8. The van der Waals surface area contributed by atoms with Crippen LogP contribution >= 0.6 is 0 Å². The van der Waals surface area contributed by atoms with Crippen LogP contribution in [-0.4, -0.2) is 30.2 Å². The van der Waals surface area contributed by atoms with E-state index in [0.717, 1.165) is 18.1 Å². The van der Waals surface area contributed by atoms with Crippen molar-refractivity contribution >= 4 is 0 Å². The molecular formula is C14H21NO2. The Hall–Kier alpha value is -0.800. The number of ether oxygens (including phenoxy) is 1. The summed E-state index contributed by atoms with van der Waals surface area (Å²) < 4.78 is 11.2. The van der Waals surface area contributed by atoms with Gasteiger partial charge < -0.3 is 9.15 Å². The Labute approximate surface area is 103 Å². The van der Waals surface area contributed by atoms with Gasteiger partial charge in [0.05, 0.1) is 12.6 Å². The number of fused-ring (bicyclic) bond motifs is 2. The molecule has 1 unspecified atom stereocenters. The summed E-state index contributed by atoms with van der Waals surface area (Å²) in [5.74, 6) is 2.12. The minimum absolute atomic E-state index is 0.474. The molecule has 0 radical (unpaired) electrons. The van der Waals surface area contributed by atoms with Crippen LogP contribution < -0.4 is 0 Å². The normalized spacial score (nSPS) is 33.2. The molecule has 2 aliphatic heterocycles. The molecule has 2 fully saturated rings. The molecule has 3 nitrogen and oxygen atoms in total. The second kappa shape index (κ2) is 4.46. The number of rotatable bonds is 3. The van der Waals surface area contributed by atoms with Gasteiger partial charge in [0.15, 0.2) is 0 Å². The van der Waals surface area contributed by atoms with E-state index in [-0.39, 0.29) is 0 Å². The molecule has 0 saturated carbocycles. The van der Waals surface area contributed by atoms with Crippen LogP contribution in [0.4, 0.5) is 0 Å². The van der Waals surface area contributed by atoms with Crippen LogP contribution in [0.15, 0.2) is 16.5 Å². The zero-order valence-corrected chi connectivity index (χ0v) is 10.7. The number of hydrogen-bond donors (Lipinski definition) is 0. The number of hydrogen-bond acceptors (Lipinski definition) is 3. The van der Waals surface area contributed by atoms with Crippen LogP contribution in [0.3, 0.4) is 0 Å². The lowest BCUT2D eigenvalue weighted by Crippen LogP contribution is -2.44. The molecule has 0 spiro atoms. The maximum atomic E-state index is 5.69. The lowest BCUT2D eigenvalue weighted by atomic mass is 9.99. The highest BCUT2D eigenvalue weighted by molar-refractivity contribution is 5.07. The molecule has 2 saturated heterocycles. The predicted molar refractivity (Wildman–Crippen MR) is 65.8 cm³/mol. The Morgan fingerprint density at radius 3 is 2.53 bits per heavy atom. The Kier molecular flexibility index (Phi) is 2.97. The second-order valence-electron chi connectivity index (χ2n) is 5.40. The van der Waals surface area contributed by atoms with Gasteiger partial charge in [0.2, 0.25) is 0 Å². The lowest BCUT2D eigenvalue weighted by molar-refractivity contribution is 0.0000970. The van der Waals surface area contributed by atoms with Crippen LogP contribution in [0.5, 0.6) is 0 Å². The summed E-state index contributed by atoms with van der Waals surface area (Å²) in [5.41, 5.74) is 0. The van der Waals surface area contributed by atoms with E-state index in [1.807, 2.05) is 14.0 Å². The molecule has 2 bridgehead atoms. The number of nitrogens with zero attached hydrogens (tertiary/aromatic N) is 1. The fourth-order valence-electron chi connectivity index (χ4n) is 3.42.